The zero-order chi connectivity index (χ0) is 24.5. The first-order valence-corrected chi connectivity index (χ1v) is 14.0. The van der Waals surface area contributed by atoms with Crippen molar-refractivity contribution in [3.63, 3.8) is 0 Å². The Bertz CT molecular complexity index is 1250. The Morgan fingerprint density at radius 2 is 1.65 bits per heavy atom. The highest BCUT2D eigenvalue weighted by Gasteiger charge is 2.35. The highest BCUT2D eigenvalue weighted by molar-refractivity contribution is 7.89. The van der Waals surface area contributed by atoms with Crippen LogP contribution in [-0.2, 0) is 21.2 Å². The van der Waals surface area contributed by atoms with E-state index in [1.165, 1.54) is 9.18 Å². The van der Waals surface area contributed by atoms with Crippen molar-refractivity contribution in [2.45, 2.75) is 45.1 Å². The summed E-state index contributed by atoms with van der Waals surface area (Å²) < 4.78 is 28.3. The molecule has 2 aromatic carbocycles. The zero-order valence-corrected chi connectivity index (χ0v) is 21.8. The van der Waals surface area contributed by atoms with E-state index in [4.69, 9.17) is 0 Å². The Hall–Kier alpha value is -2.48. The summed E-state index contributed by atoms with van der Waals surface area (Å²) in [5.74, 6) is -0.0792. The van der Waals surface area contributed by atoms with Crippen LogP contribution in [0.4, 0.5) is 0 Å². The first-order valence-electron chi connectivity index (χ1n) is 11.7. The smallest absolute Gasteiger partial charge is 0.243 e. The number of aryl methyl sites for hydroxylation is 2. The second-order valence-corrected chi connectivity index (χ2v) is 12.4. The van der Waals surface area contributed by atoms with Gasteiger partial charge in [-0.3, -0.25) is 4.79 Å². The number of carbonyl (C=O) groups is 1. The average molecular weight is 497 g/mol. The van der Waals surface area contributed by atoms with Crippen LogP contribution in [0, 0.1) is 19.8 Å². The van der Waals surface area contributed by atoms with Gasteiger partial charge in [-0.25, -0.2) is 8.42 Å². The molecule has 0 saturated heterocycles. The maximum Gasteiger partial charge on any atom is 0.243 e. The summed E-state index contributed by atoms with van der Waals surface area (Å²) in [5.41, 5.74) is 4.35. The van der Waals surface area contributed by atoms with Gasteiger partial charge in [0.15, 0.2) is 0 Å². The van der Waals surface area contributed by atoms with E-state index in [2.05, 4.69) is 35.7 Å². The highest BCUT2D eigenvalue weighted by atomic mass is 32.2. The van der Waals surface area contributed by atoms with E-state index >= 15 is 0 Å². The van der Waals surface area contributed by atoms with E-state index in [9.17, 15) is 13.2 Å². The van der Waals surface area contributed by atoms with Gasteiger partial charge in [-0.1, -0.05) is 61.4 Å². The molecule has 1 amide bonds. The van der Waals surface area contributed by atoms with Crippen LogP contribution in [0.1, 0.15) is 47.0 Å². The molecule has 1 unspecified atom stereocenters. The number of rotatable bonds is 7. The molecule has 1 aliphatic rings. The fourth-order valence-corrected chi connectivity index (χ4v) is 6.91. The standard InChI is InChI=1S/C27H32N2O3S2/c1-19(2)17-28(34(31,32)23-11-7-21(4)8-12-23)18-26(30)29-15-13-25-24(14-16-33-25)27(29)22-9-5-20(3)6-10-22/h5-12,14,16,19,27H,13,15,17-18H2,1-4H3. The van der Waals surface area contributed by atoms with E-state index in [0.717, 1.165) is 28.7 Å². The lowest BCUT2D eigenvalue weighted by molar-refractivity contribution is -0.133. The Balaban J connectivity index is 1.66. The minimum Gasteiger partial charge on any atom is -0.330 e. The van der Waals surface area contributed by atoms with Crippen LogP contribution in [0.5, 0.6) is 0 Å². The molecule has 2 heterocycles. The summed E-state index contributed by atoms with van der Waals surface area (Å²) in [6.07, 6.45) is 0.788. The van der Waals surface area contributed by atoms with Gasteiger partial charge in [0.1, 0.15) is 0 Å². The molecule has 0 radical (unpaired) electrons. The molecule has 0 saturated carbocycles. The molecule has 1 aromatic heterocycles. The molecule has 3 aromatic rings. The van der Waals surface area contributed by atoms with Gasteiger partial charge in [-0.15, -0.1) is 11.3 Å². The Kier molecular flexibility index (Phi) is 7.26. The summed E-state index contributed by atoms with van der Waals surface area (Å²) in [5, 5.41) is 2.08. The topological polar surface area (TPSA) is 57.7 Å². The third-order valence-corrected chi connectivity index (χ3v) is 9.04. The number of benzene rings is 2. The number of hydrogen-bond acceptors (Lipinski definition) is 4. The van der Waals surface area contributed by atoms with Crippen molar-refractivity contribution < 1.29 is 13.2 Å². The first-order chi connectivity index (χ1) is 16.2. The lowest BCUT2D eigenvalue weighted by Gasteiger charge is -2.37. The molecule has 1 atom stereocenters. The Morgan fingerprint density at radius 3 is 2.26 bits per heavy atom. The lowest BCUT2D eigenvalue weighted by Crippen LogP contribution is -2.47. The van der Waals surface area contributed by atoms with Crippen LogP contribution in [-0.4, -0.2) is 43.2 Å². The molecular formula is C27H32N2O3S2. The Morgan fingerprint density at radius 1 is 1.03 bits per heavy atom. The maximum absolute atomic E-state index is 13.7. The minimum atomic E-state index is -3.80. The lowest BCUT2D eigenvalue weighted by atomic mass is 9.92. The molecule has 0 aliphatic carbocycles. The quantitative estimate of drug-likeness (QED) is 0.453. The van der Waals surface area contributed by atoms with Gasteiger partial charge in [0.2, 0.25) is 15.9 Å². The number of hydrogen-bond donors (Lipinski definition) is 0. The normalized spacial score (nSPS) is 16.2. The molecule has 0 bridgehead atoms. The predicted octanol–water partition coefficient (Wildman–Crippen LogP) is 5.19. The number of sulfonamides is 1. The first kappa shape index (κ1) is 24.6. The van der Waals surface area contributed by atoms with E-state index in [1.54, 1.807) is 35.6 Å². The third kappa shape index (κ3) is 5.11. The van der Waals surface area contributed by atoms with Gasteiger partial charge >= 0.3 is 0 Å². The van der Waals surface area contributed by atoms with Crippen molar-refractivity contribution in [2.24, 2.45) is 5.92 Å². The summed E-state index contributed by atoms with van der Waals surface area (Å²) in [6, 6.07) is 17.0. The molecule has 4 rings (SSSR count). The van der Waals surface area contributed by atoms with E-state index in [1.807, 2.05) is 32.6 Å². The van der Waals surface area contributed by atoms with Gasteiger partial charge in [-0.05, 0) is 60.9 Å². The van der Waals surface area contributed by atoms with Crippen molar-refractivity contribution in [2.75, 3.05) is 19.6 Å². The molecule has 7 heteroatoms. The molecular weight excluding hydrogens is 464 g/mol. The van der Waals surface area contributed by atoms with E-state index in [-0.39, 0.29) is 35.9 Å². The average Bonchev–Trinajstić information content (AvgIpc) is 3.27. The van der Waals surface area contributed by atoms with E-state index < -0.39 is 10.0 Å². The van der Waals surface area contributed by atoms with Crippen molar-refractivity contribution in [1.82, 2.24) is 9.21 Å². The van der Waals surface area contributed by atoms with Crippen LogP contribution >= 0.6 is 11.3 Å². The maximum atomic E-state index is 13.7. The van der Waals surface area contributed by atoms with Gasteiger partial charge < -0.3 is 4.90 Å². The van der Waals surface area contributed by atoms with Gasteiger partial charge in [0, 0.05) is 18.0 Å². The van der Waals surface area contributed by atoms with Gasteiger partial charge in [-0.2, -0.15) is 4.31 Å². The molecule has 0 spiro atoms. The molecule has 1 aliphatic heterocycles. The van der Waals surface area contributed by atoms with Crippen molar-refractivity contribution >= 4 is 27.3 Å². The fraction of sp³-hybridized carbons (Fsp3) is 0.370. The van der Waals surface area contributed by atoms with Gasteiger partial charge in [0.05, 0.1) is 17.5 Å². The SMILES string of the molecule is Cc1ccc(C2c3ccsc3CCN2C(=O)CN(CC(C)C)S(=O)(=O)c2ccc(C)cc2)cc1. The highest BCUT2D eigenvalue weighted by Crippen LogP contribution is 2.38. The molecule has 180 valence electrons. The number of fused-ring (bicyclic) bond motifs is 1. The number of nitrogens with zero attached hydrogens (tertiary/aromatic N) is 2. The summed E-state index contributed by atoms with van der Waals surface area (Å²) in [4.78, 5) is 17.1. The summed E-state index contributed by atoms with van der Waals surface area (Å²) >= 11 is 1.72. The second-order valence-electron chi connectivity index (χ2n) is 9.45. The third-order valence-electron chi connectivity index (χ3n) is 6.22. The minimum absolute atomic E-state index is 0.0887. The van der Waals surface area contributed by atoms with Crippen molar-refractivity contribution in [3.05, 3.63) is 87.1 Å². The van der Waals surface area contributed by atoms with Crippen molar-refractivity contribution in [1.29, 1.82) is 0 Å². The zero-order valence-electron chi connectivity index (χ0n) is 20.2. The molecule has 34 heavy (non-hydrogen) atoms. The summed E-state index contributed by atoms with van der Waals surface area (Å²) in [6.45, 7) is 8.59. The van der Waals surface area contributed by atoms with Crippen LogP contribution in [0.2, 0.25) is 0 Å². The number of amides is 1. The van der Waals surface area contributed by atoms with Gasteiger partial charge in [0.25, 0.3) is 0 Å². The number of carbonyl (C=O) groups excluding carboxylic acids is 1. The fourth-order valence-electron chi connectivity index (χ4n) is 4.45. The van der Waals surface area contributed by atoms with Crippen LogP contribution in [0.25, 0.3) is 0 Å². The monoisotopic (exact) mass is 496 g/mol. The van der Waals surface area contributed by atoms with E-state index in [0.29, 0.717) is 6.54 Å². The van der Waals surface area contributed by atoms with Crippen LogP contribution in [0.15, 0.2) is 64.9 Å². The molecule has 0 N–H and O–H groups in total. The Labute approximate surface area is 207 Å². The predicted molar refractivity (Wildman–Crippen MR) is 138 cm³/mol. The molecule has 0 fully saturated rings. The number of thiophene rings is 1. The summed E-state index contributed by atoms with van der Waals surface area (Å²) in [7, 11) is -3.80. The largest absolute Gasteiger partial charge is 0.330 e. The molecule has 5 nitrogen and oxygen atoms in total. The van der Waals surface area contributed by atoms with Crippen molar-refractivity contribution in [3.8, 4) is 0 Å². The second kappa shape index (κ2) is 10.0. The van der Waals surface area contributed by atoms with Crippen LogP contribution < -0.4 is 0 Å². The van der Waals surface area contributed by atoms with Crippen LogP contribution in [0.3, 0.4) is 0 Å².